The van der Waals surface area contributed by atoms with Crippen molar-refractivity contribution in [1.29, 1.82) is 0 Å². The van der Waals surface area contributed by atoms with E-state index in [9.17, 15) is 4.79 Å². The number of Topliss-reactive ketones (excluding diaryl/α,β-unsaturated/α-hetero) is 1. The number of aromatic nitrogens is 4. The highest BCUT2D eigenvalue weighted by molar-refractivity contribution is 7.08. The van der Waals surface area contributed by atoms with Crippen LogP contribution in [0.3, 0.4) is 0 Å². The topological polar surface area (TPSA) is 60.7 Å². The van der Waals surface area contributed by atoms with Crippen molar-refractivity contribution in [3.63, 3.8) is 0 Å². The van der Waals surface area contributed by atoms with Crippen LogP contribution in [-0.4, -0.2) is 25.2 Å². The normalized spacial score (nSPS) is 11.1. The summed E-state index contributed by atoms with van der Waals surface area (Å²) in [4.78, 5) is 12.8. The number of nitrogens with zero attached hydrogens (tertiary/aromatic N) is 4. The lowest BCUT2D eigenvalue weighted by Gasteiger charge is -2.02. The van der Waals surface area contributed by atoms with E-state index in [1.54, 1.807) is 10.9 Å². The molecule has 0 unspecified atom stereocenters. The summed E-state index contributed by atoms with van der Waals surface area (Å²) in [5, 5.41) is 8.11. The first-order valence-electron chi connectivity index (χ1n) is 5.91. The molecule has 0 spiro atoms. The summed E-state index contributed by atoms with van der Waals surface area (Å²) in [6.45, 7) is 4.04. The van der Waals surface area contributed by atoms with Gasteiger partial charge in [0.15, 0.2) is 5.78 Å². The molecule has 0 amide bonds. The van der Waals surface area contributed by atoms with Gasteiger partial charge >= 0.3 is 0 Å². The van der Waals surface area contributed by atoms with Crippen molar-refractivity contribution in [3.8, 4) is 0 Å². The molecule has 5 nitrogen and oxygen atoms in total. The van der Waals surface area contributed by atoms with Crippen molar-refractivity contribution < 1.29 is 4.79 Å². The van der Waals surface area contributed by atoms with Crippen LogP contribution in [0.4, 0.5) is 0 Å². The number of rotatable bonds is 5. The van der Waals surface area contributed by atoms with Crippen LogP contribution in [0.1, 0.15) is 47.1 Å². The van der Waals surface area contributed by atoms with Gasteiger partial charge in [-0.15, -0.1) is 5.10 Å². The van der Waals surface area contributed by atoms with Crippen molar-refractivity contribution in [2.24, 2.45) is 7.05 Å². The zero-order valence-corrected chi connectivity index (χ0v) is 11.6. The Kier molecular flexibility index (Phi) is 3.86. The molecule has 2 aromatic rings. The van der Waals surface area contributed by atoms with Gasteiger partial charge in [0.1, 0.15) is 4.88 Å². The lowest BCUT2D eigenvalue weighted by molar-refractivity contribution is 0.0985. The molecule has 0 saturated carbocycles. The van der Waals surface area contributed by atoms with Crippen LogP contribution in [0.5, 0.6) is 0 Å². The molecule has 0 aliphatic heterocycles. The average molecular weight is 264 g/mol. The Hall–Kier alpha value is -1.56. The van der Waals surface area contributed by atoms with Crippen molar-refractivity contribution in [2.75, 3.05) is 0 Å². The molecule has 96 valence electrons. The fraction of sp³-hybridized carbons (Fsp3) is 0.500. The molecule has 0 N–H and O–H groups in total. The predicted molar refractivity (Wildman–Crippen MR) is 69.9 cm³/mol. The molecule has 2 rings (SSSR count). The maximum absolute atomic E-state index is 12.1. The van der Waals surface area contributed by atoms with Gasteiger partial charge in [-0.05, 0) is 29.4 Å². The third-order valence-corrected chi connectivity index (χ3v) is 3.50. The van der Waals surface area contributed by atoms with Crippen molar-refractivity contribution in [1.82, 2.24) is 19.4 Å². The van der Waals surface area contributed by atoms with Crippen LogP contribution in [0.2, 0.25) is 0 Å². The number of hydrogen-bond acceptors (Lipinski definition) is 5. The van der Waals surface area contributed by atoms with Crippen molar-refractivity contribution >= 4 is 17.3 Å². The Bertz CT molecular complexity index is 544. The lowest BCUT2D eigenvalue weighted by atomic mass is 10.0. The van der Waals surface area contributed by atoms with Crippen LogP contribution in [0.25, 0.3) is 0 Å². The van der Waals surface area contributed by atoms with E-state index in [0.29, 0.717) is 17.7 Å². The Labute approximate surface area is 110 Å². The number of carbonyl (C=O) groups is 1. The lowest BCUT2D eigenvalue weighted by Crippen LogP contribution is -2.03. The fourth-order valence-corrected chi connectivity index (χ4v) is 2.53. The molecule has 0 saturated heterocycles. The molecule has 2 aromatic heterocycles. The highest BCUT2D eigenvalue weighted by atomic mass is 32.1. The summed E-state index contributed by atoms with van der Waals surface area (Å²) >= 11 is 1.19. The Morgan fingerprint density at radius 2 is 2.28 bits per heavy atom. The molecule has 0 atom stereocenters. The summed E-state index contributed by atoms with van der Waals surface area (Å²) in [7, 11) is 1.87. The minimum absolute atomic E-state index is 0.123. The zero-order valence-electron chi connectivity index (χ0n) is 10.8. The van der Waals surface area contributed by atoms with E-state index in [-0.39, 0.29) is 11.7 Å². The predicted octanol–water partition coefficient (Wildman–Crippen LogP) is 2.21. The highest BCUT2D eigenvalue weighted by Crippen LogP contribution is 2.21. The molecular weight excluding hydrogens is 248 g/mol. The van der Waals surface area contributed by atoms with Crippen LogP contribution >= 0.6 is 11.5 Å². The molecule has 18 heavy (non-hydrogen) atoms. The summed E-state index contributed by atoms with van der Waals surface area (Å²) in [6, 6.07) is 0. The highest BCUT2D eigenvalue weighted by Gasteiger charge is 2.18. The standard InChI is InChI=1S/C12H16N4OS/c1-8(2)11-12(18-15-14-11)10(17)5-4-9-6-13-16(3)7-9/h6-8H,4-5H2,1-3H3. The van der Waals surface area contributed by atoms with Crippen molar-refractivity contribution in [3.05, 3.63) is 28.5 Å². The number of hydrogen-bond donors (Lipinski definition) is 0. The van der Waals surface area contributed by atoms with E-state index >= 15 is 0 Å². The Morgan fingerprint density at radius 3 is 2.89 bits per heavy atom. The zero-order chi connectivity index (χ0) is 13.1. The largest absolute Gasteiger partial charge is 0.293 e. The van der Waals surface area contributed by atoms with Crippen LogP contribution < -0.4 is 0 Å². The van der Waals surface area contributed by atoms with E-state index < -0.39 is 0 Å². The molecule has 0 fully saturated rings. The maximum atomic E-state index is 12.1. The van der Waals surface area contributed by atoms with E-state index in [0.717, 1.165) is 11.3 Å². The van der Waals surface area contributed by atoms with E-state index in [4.69, 9.17) is 0 Å². The summed E-state index contributed by atoms with van der Waals surface area (Å²) in [5.41, 5.74) is 1.89. The molecule has 0 bridgehead atoms. The maximum Gasteiger partial charge on any atom is 0.176 e. The quantitative estimate of drug-likeness (QED) is 0.777. The number of carbonyl (C=O) groups excluding carboxylic acids is 1. The smallest absolute Gasteiger partial charge is 0.176 e. The van der Waals surface area contributed by atoms with E-state index in [2.05, 4.69) is 14.7 Å². The molecule has 2 heterocycles. The molecule has 6 heteroatoms. The average Bonchev–Trinajstić information content (AvgIpc) is 2.94. The van der Waals surface area contributed by atoms with Gasteiger partial charge in [0.2, 0.25) is 0 Å². The number of aryl methyl sites for hydroxylation is 2. The van der Waals surface area contributed by atoms with Gasteiger partial charge in [0.25, 0.3) is 0 Å². The first kappa shape index (κ1) is 12.9. The van der Waals surface area contributed by atoms with Gasteiger partial charge in [-0.2, -0.15) is 5.10 Å². The van der Waals surface area contributed by atoms with Crippen LogP contribution in [-0.2, 0) is 13.5 Å². The second kappa shape index (κ2) is 5.39. The van der Waals surface area contributed by atoms with Gasteiger partial charge in [-0.1, -0.05) is 18.3 Å². The third kappa shape index (κ3) is 2.81. The summed E-state index contributed by atoms with van der Waals surface area (Å²) in [6.07, 6.45) is 4.92. The number of ketones is 1. The van der Waals surface area contributed by atoms with E-state index in [1.807, 2.05) is 27.1 Å². The van der Waals surface area contributed by atoms with Gasteiger partial charge in [-0.25, -0.2) is 0 Å². The third-order valence-electron chi connectivity index (χ3n) is 2.71. The molecule has 0 aliphatic rings. The first-order valence-corrected chi connectivity index (χ1v) is 6.68. The second-order valence-electron chi connectivity index (χ2n) is 4.59. The fourth-order valence-electron chi connectivity index (χ4n) is 1.74. The second-order valence-corrected chi connectivity index (χ2v) is 5.34. The minimum atomic E-state index is 0.123. The first-order chi connectivity index (χ1) is 8.58. The van der Waals surface area contributed by atoms with Gasteiger partial charge in [0.05, 0.1) is 11.9 Å². The summed E-state index contributed by atoms with van der Waals surface area (Å²) < 4.78 is 5.62. The molecule has 0 radical (unpaired) electrons. The SMILES string of the molecule is CC(C)c1nnsc1C(=O)CCc1cnn(C)c1. The van der Waals surface area contributed by atoms with Gasteiger partial charge in [0, 0.05) is 19.7 Å². The Morgan fingerprint density at radius 1 is 1.50 bits per heavy atom. The Balaban J connectivity index is 2.01. The summed E-state index contributed by atoms with van der Waals surface area (Å²) in [5.74, 6) is 0.360. The van der Waals surface area contributed by atoms with Crippen LogP contribution in [0.15, 0.2) is 12.4 Å². The van der Waals surface area contributed by atoms with Gasteiger partial charge < -0.3 is 0 Å². The van der Waals surface area contributed by atoms with Gasteiger partial charge in [-0.3, -0.25) is 9.48 Å². The van der Waals surface area contributed by atoms with E-state index in [1.165, 1.54) is 11.5 Å². The molecule has 0 aliphatic carbocycles. The monoisotopic (exact) mass is 264 g/mol. The minimum Gasteiger partial charge on any atom is -0.293 e. The molecule has 0 aromatic carbocycles. The molecular formula is C12H16N4OS. The van der Waals surface area contributed by atoms with Crippen LogP contribution in [0, 0.1) is 0 Å². The van der Waals surface area contributed by atoms with Crippen molar-refractivity contribution in [2.45, 2.75) is 32.6 Å².